The number of fused-ring (bicyclic) bond motifs is 1. The van der Waals surface area contributed by atoms with E-state index >= 15 is 0 Å². The summed E-state index contributed by atoms with van der Waals surface area (Å²) in [6.07, 6.45) is 3.10. The monoisotopic (exact) mass is 335 g/mol. The van der Waals surface area contributed by atoms with E-state index in [2.05, 4.69) is 20.3 Å². The first-order valence-corrected chi connectivity index (χ1v) is 7.95. The highest BCUT2D eigenvalue weighted by Gasteiger charge is 2.70. The summed E-state index contributed by atoms with van der Waals surface area (Å²) >= 11 is 0. The Labute approximate surface area is 140 Å². The zero-order valence-electron chi connectivity index (χ0n) is 15.0. The Morgan fingerprint density at radius 3 is 2.38 bits per heavy atom. The number of ether oxygens (including phenoxy) is 1. The van der Waals surface area contributed by atoms with Gasteiger partial charge >= 0.3 is 0 Å². The van der Waals surface area contributed by atoms with Gasteiger partial charge < -0.3 is 20.3 Å². The highest BCUT2D eigenvalue weighted by atomic mass is 16.6. The molecule has 1 unspecified atom stereocenters. The molecule has 24 heavy (non-hydrogen) atoms. The standard InChI is InChI=1S/C16H25N5O3/c1-13(2)15(4,23)14(3,7-22)24-16(13,5)21-9-20-10-11(17-6)18-8-19-12(10)21/h8-9,22-23H,7H2,1-6H3,(H,17,18,19)/t14-,15?,16-/m1/s1. The molecule has 0 spiro atoms. The van der Waals surface area contributed by atoms with E-state index in [9.17, 15) is 10.2 Å². The van der Waals surface area contributed by atoms with Gasteiger partial charge in [0.05, 0.1) is 12.9 Å². The molecule has 1 fully saturated rings. The lowest BCUT2D eigenvalue weighted by molar-refractivity contribution is -0.180. The van der Waals surface area contributed by atoms with E-state index < -0.39 is 22.3 Å². The maximum absolute atomic E-state index is 11.2. The smallest absolute Gasteiger partial charge is 0.167 e. The summed E-state index contributed by atoms with van der Waals surface area (Å²) in [4.78, 5) is 12.9. The molecule has 8 heteroatoms. The molecule has 0 amide bonds. The van der Waals surface area contributed by atoms with Crippen molar-refractivity contribution < 1.29 is 14.9 Å². The predicted molar refractivity (Wildman–Crippen MR) is 89.5 cm³/mol. The van der Waals surface area contributed by atoms with Crippen LogP contribution in [0.1, 0.15) is 34.6 Å². The van der Waals surface area contributed by atoms with Gasteiger partial charge in [0.15, 0.2) is 17.2 Å². The number of hydrogen-bond acceptors (Lipinski definition) is 7. The molecule has 0 aromatic carbocycles. The van der Waals surface area contributed by atoms with E-state index in [4.69, 9.17) is 4.74 Å². The van der Waals surface area contributed by atoms with E-state index in [0.29, 0.717) is 17.0 Å². The lowest BCUT2D eigenvalue weighted by Gasteiger charge is -2.43. The van der Waals surface area contributed by atoms with E-state index in [1.54, 1.807) is 31.8 Å². The van der Waals surface area contributed by atoms with Crippen molar-refractivity contribution in [3.8, 4) is 0 Å². The van der Waals surface area contributed by atoms with Gasteiger partial charge in [0.25, 0.3) is 0 Å². The average Bonchev–Trinajstić information content (AvgIpc) is 3.01. The van der Waals surface area contributed by atoms with Crippen LogP contribution in [0.5, 0.6) is 0 Å². The Bertz CT molecular complexity index is 787. The van der Waals surface area contributed by atoms with Crippen molar-refractivity contribution in [1.82, 2.24) is 19.5 Å². The Balaban J connectivity index is 2.26. The number of aliphatic hydroxyl groups is 2. The van der Waals surface area contributed by atoms with Crippen LogP contribution in [0.15, 0.2) is 12.7 Å². The molecule has 2 aromatic rings. The minimum atomic E-state index is -1.28. The Morgan fingerprint density at radius 2 is 1.83 bits per heavy atom. The Morgan fingerprint density at radius 1 is 1.17 bits per heavy atom. The van der Waals surface area contributed by atoms with Gasteiger partial charge in [-0.05, 0) is 20.8 Å². The van der Waals surface area contributed by atoms with E-state index in [0.717, 1.165) is 0 Å². The first kappa shape index (κ1) is 17.1. The highest BCUT2D eigenvalue weighted by Crippen LogP contribution is 2.59. The van der Waals surface area contributed by atoms with Gasteiger partial charge in [-0.2, -0.15) is 0 Å². The average molecular weight is 335 g/mol. The molecule has 3 rings (SSSR count). The third-order valence-corrected chi connectivity index (χ3v) is 6.16. The van der Waals surface area contributed by atoms with Gasteiger partial charge in [0.2, 0.25) is 0 Å². The molecule has 132 valence electrons. The lowest BCUT2D eigenvalue weighted by Crippen LogP contribution is -2.56. The van der Waals surface area contributed by atoms with Crippen LogP contribution in [-0.4, -0.2) is 54.6 Å². The number of nitrogens with one attached hydrogen (secondary N) is 1. The van der Waals surface area contributed by atoms with Crippen LogP contribution in [0.2, 0.25) is 0 Å². The molecule has 8 nitrogen and oxygen atoms in total. The predicted octanol–water partition coefficient (Wildman–Crippen LogP) is 1.10. The van der Waals surface area contributed by atoms with Crippen molar-refractivity contribution in [3.05, 3.63) is 12.7 Å². The maximum atomic E-state index is 11.2. The number of aromatic nitrogens is 4. The molecule has 0 radical (unpaired) electrons. The molecular weight excluding hydrogens is 310 g/mol. The molecule has 1 aliphatic rings. The molecule has 1 aliphatic heterocycles. The van der Waals surface area contributed by atoms with Crippen LogP contribution >= 0.6 is 0 Å². The van der Waals surface area contributed by atoms with Crippen LogP contribution in [0.25, 0.3) is 11.2 Å². The van der Waals surface area contributed by atoms with Crippen molar-refractivity contribution >= 4 is 17.0 Å². The van der Waals surface area contributed by atoms with E-state index in [-0.39, 0.29) is 6.61 Å². The number of hydrogen-bond donors (Lipinski definition) is 3. The summed E-state index contributed by atoms with van der Waals surface area (Å²) in [5.74, 6) is 0.620. The Hall–Kier alpha value is -1.77. The maximum Gasteiger partial charge on any atom is 0.167 e. The largest absolute Gasteiger partial charge is 0.393 e. The minimum Gasteiger partial charge on any atom is -0.393 e. The van der Waals surface area contributed by atoms with Crippen molar-refractivity contribution in [2.45, 2.75) is 51.5 Å². The first-order chi connectivity index (χ1) is 11.1. The molecule has 3 N–H and O–H groups in total. The Kier molecular flexibility index (Phi) is 3.46. The zero-order valence-corrected chi connectivity index (χ0v) is 15.0. The number of nitrogens with zero attached hydrogens (tertiary/aromatic N) is 4. The van der Waals surface area contributed by atoms with Crippen molar-refractivity contribution in [1.29, 1.82) is 0 Å². The number of aliphatic hydroxyl groups excluding tert-OH is 1. The molecule has 3 atom stereocenters. The number of anilines is 1. The molecular formula is C16H25N5O3. The molecule has 3 heterocycles. The van der Waals surface area contributed by atoms with Crippen LogP contribution in [0, 0.1) is 5.41 Å². The second-order valence-corrected chi connectivity index (χ2v) is 7.43. The summed E-state index contributed by atoms with van der Waals surface area (Å²) in [6, 6.07) is 0. The lowest BCUT2D eigenvalue weighted by atomic mass is 9.65. The second kappa shape index (κ2) is 4.87. The van der Waals surface area contributed by atoms with Gasteiger partial charge in [0, 0.05) is 12.5 Å². The van der Waals surface area contributed by atoms with Gasteiger partial charge in [-0.15, -0.1) is 0 Å². The molecule has 0 aliphatic carbocycles. The summed E-state index contributed by atoms with van der Waals surface area (Å²) in [7, 11) is 1.77. The quantitative estimate of drug-likeness (QED) is 0.771. The molecule has 0 saturated carbocycles. The SMILES string of the molecule is CNc1ncnc2c1ncn2[C@]1(C)O[C@](C)(CO)C(C)(O)C1(C)C. The van der Waals surface area contributed by atoms with Crippen LogP contribution in [-0.2, 0) is 10.5 Å². The molecule has 0 bridgehead atoms. The second-order valence-electron chi connectivity index (χ2n) is 7.43. The number of imidazole rings is 1. The minimum absolute atomic E-state index is 0.303. The van der Waals surface area contributed by atoms with Crippen LogP contribution < -0.4 is 5.32 Å². The summed E-state index contributed by atoms with van der Waals surface area (Å²) in [6.45, 7) is 8.82. The van der Waals surface area contributed by atoms with Crippen LogP contribution in [0.3, 0.4) is 0 Å². The summed E-state index contributed by atoms with van der Waals surface area (Å²) in [5.41, 5.74) is -2.89. The highest BCUT2D eigenvalue weighted by molar-refractivity contribution is 5.82. The van der Waals surface area contributed by atoms with E-state index in [1.807, 2.05) is 20.8 Å². The molecule has 2 aromatic heterocycles. The van der Waals surface area contributed by atoms with Gasteiger partial charge in [0.1, 0.15) is 23.0 Å². The van der Waals surface area contributed by atoms with Crippen molar-refractivity contribution in [2.75, 3.05) is 19.0 Å². The topological polar surface area (TPSA) is 105 Å². The van der Waals surface area contributed by atoms with Crippen molar-refractivity contribution in [3.63, 3.8) is 0 Å². The summed E-state index contributed by atoms with van der Waals surface area (Å²) < 4.78 is 8.09. The fourth-order valence-electron chi connectivity index (χ4n) is 3.64. The van der Waals surface area contributed by atoms with E-state index in [1.165, 1.54) is 6.33 Å². The fraction of sp³-hybridized carbons (Fsp3) is 0.688. The van der Waals surface area contributed by atoms with Crippen LogP contribution in [0.4, 0.5) is 5.82 Å². The third kappa shape index (κ3) is 1.76. The fourth-order valence-corrected chi connectivity index (χ4v) is 3.64. The summed E-state index contributed by atoms with van der Waals surface area (Å²) in [5, 5.41) is 24.1. The number of rotatable bonds is 3. The first-order valence-electron chi connectivity index (χ1n) is 7.95. The molecule has 1 saturated heterocycles. The third-order valence-electron chi connectivity index (χ3n) is 6.16. The van der Waals surface area contributed by atoms with Gasteiger partial charge in [-0.3, -0.25) is 4.57 Å². The van der Waals surface area contributed by atoms with Crippen molar-refractivity contribution in [2.24, 2.45) is 5.41 Å². The van der Waals surface area contributed by atoms with Gasteiger partial charge in [-0.1, -0.05) is 13.8 Å². The zero-order chi connectivity index (χ0) is 18.0. The van der Waals surface area contributed by atoms with Gasteiger partial charge in [-0.25, -0.2) is 15.0 Å². The normalized spacial score (nSPS) is 35.5.